The first-order valence-corrected chi connectivity index (χ1v) is 6.34. The molecule has 5 heteroatoms. The summed E-state index contributed by atoms with van der Waals surface area (Å²) in [4.78, 5) is 15.8. The molecule has 1 heterocycles. The molecule has 17 heavy (non-hydrogen) atoms. The summed E-state index contributed by atoms with van der Waals surface area (Å²) < 4.78 is 1.03. The van der Waals surface area contributed by atoms with Crippen LogP contribution in [0.3, 0.4) is 0 Å². The minimum Gasteiger partial charge on any atom is -0.359 e. The van der Waals surface area contributed by atoms with Crippen molar-refractivity contribution >= 4 is 33.2 Å². The molecule has 0 spiro atoms. The fourth-order valence-electron chi connectivity index (χ4n) is 1.84. The van der Waals surface area contributed by atoms with E-state index in [4.69, 9.17) is 0 Å². The third kappa shape index (κ3) is 2.98. The van der Waals surface area contributed by atoms with Crippen LogP contribution in [-0.4, -0.2) is 44.5 Å². The van der Waals surface area contributed by atoms with Crippen molar-refractivity contribution in [2.24, 2.45) is 0 Å². The van der Waals surface area contributed by atoms with Crippen LogP contribution in [0.2, 0.25) is 0 Å². The molecule has 0 bridgehead atoms. The fourth-order valence-corrected chi connectivity index (χ4v) is 2.19. The van der Waals surface area contributed by atoms with Gasteiger partial charge >= 0.3 is 0 Å². The van der Waals surface area contributed by atoms with Crippen molar-refractivity contribution in [1.29, 1.82) is 0 Å². The van der Waals surface area contributed by atoms with E-state index in [1.54, 1.807) is 0 Å². The number of anilines is 2. The van der Waals surface area contributed by atoms with Gasteiger partial charge in [-0.2, -0.15) is 0 Å². The van der Waals surface area contributed by atoms with Gasteiger partial charge in [-0.1, -0.05) is 15.9 Å². The second kappa shape index (κ2) is 5.06. The Morgan fingerprint density at radius 2 is 2.24 bits per heavy atom. The van der Waals surface area contributed by atoms with Crippen LogP contribution in [0.4, 0.5) is 11.4 Å². The minimum absolute atomic E-state index is 0.0542. The van der Waals surface area contributed by atoms with Crippen molar-refractivity contribution in [2.75, 3.05) is 43.9 Å². The molecule has 2 rings (SSSR count). The number of fused-ring (bicyclic) bond motifs is 1. The SMILES string of the molecule is CN(C)CCN1CC(=O)Nc2ccc(Br)cc21. The van der Waals surface area contributed by atoms with E-state index in [-0.39, 0.29) is 5.91 Å². The first-order valence-electron chi connectivity index (χ1n) is 5.55. The maximum atomic E-state index is 11.6. The lowest BCUT2D eigenvalue weighted by Crippen LogP contribution is -2.41. The van der Waals surface area contributed by atoms with Gasteiger partial charge < -0.3 is 15.1 Å². The van der Waals surface area contributed by atoms with Crippen LogP contribution in [0.15, 0.2) is 22.7 Å². The number of hydrogen-bond donors (Lipinski definition) is 1. The summed E-state index contributed by atoms with van der Waals surface area (Å²) in [5.74, 6) is 0.0542. The number of nitrogens with zero attached hydrogens (tertiary/aromatic N) is 2. The van der Waals surface area contributed by atoms with Crippen molar-refractivity contribution in [3.05, 3.63) is 22.7 Å². The summed E-state index contributed by atoms with van der Waals surface area (Å²) in [5, 5.41) is 2.89. The number of carbonyl (C=O) groups is 1. The van der Waals surface area contributed by atoms with Gasteiger partial charge in [-0.25, -0.2) is 0 Å². The summed E-state index contributed by atoms with van der Waals surface area (Å²) in [6.07, 6.45) is 0. The molecule has 0 fully saturated rings. The smallest absolute Gasteiger partial charge is 0.243 e. The topological polar surface area (TPSA) is 35.6 Å². The molecule has 1 aliphatic heterocycles. The lowest BCUT2D eigenvalue weighted by Gasteiger charge is -2.31. The molecular formula is C12H16BrN3O. The first kappa shape index (κ1) is 12.4. The summed E-state index contributed by atoms with van der Waals surface area (Å²) in [7, 11) is 4.07. The van der Waals surface area contributed by atoms with E-state index in [1.807, 2.05) is 32.3 Å². The lowest BCUT2D eigenvalue weighted by molar-refractivity contribution is -0.115. The predicted octanol–water partition coefficient (Wildman–Crippen LogP) is 1.77. The van der Waals surface area contributed by atoms with Gasteiger partial charge in [0.05, 0.1) is 17.9 Å². The van der Waals surface area contributed by atoms with E-state index in [1.165, 1.54) is 0 Å². The van der Waals surface area contributed by atoms with E-state index in [0.29, 0.717) is 6.54 Å². The standard InChI is InChI=1S/C12H16BrN3O/c1-15(2)5-6-16-8-12(17)14-10-4-3-9(13)7-11(10)16/h3-4,7H,5-6,8H2,1-2H3,(H,14,17). The number of hydrogen-bond acceptors (Lipinski definition) is 3. The Bertz CT molecular complexity index is 434. The van der Waals surface area contributed by atoms with Gasteiger partial charge in [0.2, 0.25) is 5.91 Å². The highest BCUT2D eigenvalue weighted by atomic mass is 79.9. The normalized spacial score (nSPS) is 14.8. The van der Waals surface area contributed by atoms with Gasteiger partial charge in [-0.3, -0.25) is 4.79 Å². The molecule has 0 atom stereocenters. The Hall–Kier alpha value is -1.07. The van der Waals surface area contributed by atoms with Gasteiger partial charge in [0.1, 0.15) is 0 Å². The van der Waals surface area contributed by atoms with E-state index in [9.17, 15) is 4.79 Å². The second-order valence-corrected chi connectivity index (χ2v) is 5.35. The molecule has 0 radical (unpaired) electrons. The van der Waals surface area contributed by atoms with Crippen LogP contribution in [0, 0.1) is 0 Å². The van der Waals surface area contributed by atoms with Crippen LogP contribution in [0.1, 0.15) is 0 Å². The highest BCUT2D eigenvalue weighted by Crippen LogP contribution is 2.31. The molecule has 4 nitrogen and oxygen atoms in total. The number of benzene rings is 1. The summed E-state index contributed by atoms with van der Waals surface area (Å²) in [6.45, 7) is 2.21. The summed E-state index contributed by atoms with van der Waals surface area (Å²) in [5.41, 5.74) is 1.98. The van der Waals surface area contributed by atoms with Gasteiger partial charge in [0.15, 0.2) is 0 Å². The highest BCUT2D eigenvalue weighted by molar-refractivity contribution is 9.10. The largest absolute Gasteiger partial charge is 0.359 e. The van der Waals surface area contributed by atoms with Crippen LogP contribution < -0.4 is 10.2 Å². The number of amides is 1. The van der Waals surface area contributed by atoms with Gasteiger partial charge in [0.25, 0.3) is 0 Å². The Labute approximate surface area is 110 Å². The van der Waals surface area contributed by atoms with E-state index in [0.717, 1.165) is 28.9 Å². The van der Waals surface area contributed by atoms with Crippen molar-refractivity contribution in [2.45, 2.75) is 0 Å². The molecule has 0 aromatic heterocycles. The second-order valence-electron chi connectivity index (χ2n) is 4.43. The van der Waals surface area contributed by atoms with Crippen molar-refractivity contribution in [3.8, 4) is 0 Å². The molecule has 0 unspecified atom stereocenters. The highest BCUT2D eigenvalue weighted by Gasteiger charge is 2.21. The Balaban J connectivity index is 2.23. The Morgan fingerprint density at radius 3 is 2.94 bits per heavy atom. The monoisotopic (exact) mass is 297 g/mol. The third-order valence-corrected chi connectivity index (χ3v) is 3.22. The molecule has 1 aliphatic rings. The van der Waals surface area contributed by atoms with Crippen LogP contribution >= 0.6 is 15.9 Å². The minimum atomic E-state index is 0.0542. The molecule has 0 saturated carbocycles. The average Bonchev–Trinajstić information content (AvgIpc) is 2.26. The molecule has 0 saturated heterocycles. The number of halogens is 1. The fraction of sp³-hybridized carbons (Fsp3) is 0.417. The number of carbonyl (C=O) groups excluding carboxylic acids is 1. The zero-order valence-corrected chi connectivity index (χ0v) is 11.6. The van der Waals surface area contributed by atoms with Crippen molar-refractivity contribution in [3.63, 3.8) is 0 Å². The molecular weight excluding hydrogens is 282 g/mol. The molecule has 92 valence electrons. The van der Waals surface area contributed by atoms with Crippen molar-refractivity contribution in [1.82, 2.24) is 4.90 Å². The predicted molar refractivity (Wildman–Crippen MR) is 73.5 cm³/mol. The zero-order chi connectivity index (χ0) is 12.4. The maximum Gasteiger partial charge on any atom is 0.243 e. The van der Waals surface area contributed by atoms with Gasteiger partial charge in [0, 0.05) is 17.6 Å². The van der Waals surface area contributed by atoms with Crippen LogP contribution in [0.5, 0.6) is 0 Å². The number of nitrogens with one attached hydrogen (secondary N) is 1. The van der Waals surface area contributed by atoms with E-state index < -0.39 is 0 Å². The molecule has 1 aromatic carbocycles. The van der Waals surface area contributed by atoms with Gasteiger partial charge in [-0.05, 0) is 32.3 Å². The number of rotatable bonds is 3. The molecule has 1 aromatic rings. The van der Waals surface area contributed by atoms with Crippen LogP contribution in [0.25, 0.3) is 0 Å². The Morgan fingerprint density at radius 1 is 1.47 bits per heavy atom. The summed E-state index contributed by atoms with van der Waals surface area (Å²) in [6, 6.07) is 5.91. The zero-order valence-electron chi connectivity index (χ0n) is 10.0. The maximum absolute atomic E-state index is 11.6. The molecule has 1 amide bonds. The van der Waals surface area contributed by atoms with Gasteiger partial charge in [-0.15, -0.1) is 0 Å². The van der Waals surface area contributed by atoms with Crippen LogP contribution in [-0.2, 0) is 4.79 Å². The average molecular weight is 298 g/mol. The first-order chi connectivity index (χ1) is 8.06. The molecule has 1 N–H and O–H groups in total. The van der Waals surface area contributed by atoms with E-state index in [2.05, 4.69) is 31.0 Å². The number of likely N-dealkylation sites (N-methyl/N-ethyl adjacent to an activating group) is 1. The van der Waals surface area contributed by atoms with Crippen molar-refractivity contribution < 1.29 is 4.79 Å². The summed E-state index contributed by atoms with van der Waals surface area (Å²) >= 11 is 3.46. The molecule has 0 aliphatic carbocycles. The van der Waals surface area contributed by atoms with E-state index >= 15 is 0 Å². The Kier molecular flexibility index (Phi) is 3.69. The third-order valence-electron chi connectivity index (χ3n) is 2.73. The lowest BCUT2D eigenvalue weighted by atomic mass is 10.2. The quantitative estimate of drug-likeness (QED) is 0.924.